The van der Waals surface area contributed by atoms with E-state index in [-0.39, 0.29) is 11.3 Å². The minimum Gasteiger partial charge on any atom is -0.311 e. The Morgan fingerprint density at radius 3 is 2.27 bits per heavy atom. The van der Waals surface area contributed by atoms with Crippen LogP contribution in [0.3, 0.4) is 0 Å². The molecular formula is C23H16F4N4O2. The van der Waals surface area contributed by atoms with E-state index in [9.17, 15) is 27.2 Å². The largest absolute Gasteiger partial charge is 0.321 e. The van der Waals surface area contributed by atoms with Crippen LogP contribution in [0.25, 0.3) is 0 Å². The second-order valence-corrected chi connectivity index (χ2v) is 7.10. The Hall–Kier alpha value is -4.21. The van der Waals surface area contributed by atoms with Crippen molar-refractivity contribution in [2.75, 3.05) is 17.3 Å². The number of halogens is 4. The third-order valence-electron chi connectivity index (χ3n) is 5.02. The van der Waals surface area contributed by atoms with Gasteiger partial charge in [0.25, 0.3) is 5.91 Å². The van der Waals surface area contributed by atoms with E-state index in [4.69, 9.17) is 0 Å². The standard InChI is InChI=1S/C23H16F4N4O2/c1-31-17-9-5-3-7-13(17)20(12-6-2-4-8-14(12)24)29-21(22(31)32)30-23(33)28-16-11-10-15(25)18(26)19(16)27/h2-11,21H,1H3,(H2,28,30,33). The summed E-state index contributed by atoms with van der Waals surface area (Å²) in [6, 6.07) is 12.9. The lowest BCUT2D eigenvalue weighted by atomic mass is 10.00. The van der Waals surface area contributed by atoms with Gasteiger partial charge in [0, 0.05) is 18.2 Å². The number of likely N-dealkylation sites (N-methyl/N-ethyl adjacent to an activating group) is 1. The molecule has 0 spiro atoms. The fourth-order valence-electron chi connectivity index (χ4n) is 3.39. The van der Waals surface area contributed by atoms with Crippen LogP contribution >= 0.6 is 0 Å². The molecule has 0 bridgehead atoms. The van der Waals surface area contributed by atoms with Crippen molar-refractivity contribution in [2.45, 2.75) is 6.17 Å². The Labute approximate surface area is 185 Å². The molecule has 0 radical (unpaired) electrons. The lowest BCUT2D eigenvalue weighted by Crippen LogP contribution is -2.47. The van der Waals surface area contributed by atoms with Gasteiger partial charge in [0.05, 0.1) is 17.1 Å². The molecule has 3 amide bonds. The van der Waals surface area contributed by atoms with Crippen molar-refractivity contribution in [1.82, 2.24) is 5.32 Å². The highest BCUT2D eigenvalue weighted by Gasteiger charge is 2.32. The molecule has 1 atom stereocenters. The number of fused-ring (bicyclic) bond motifs is 1. The quantitative estimate of drug-likeness (QED) is 0.458. The lowest BCUT2D eigenvalue weighted by molar-refractivity contribution is -0.119. The van der Waals surface area contributed by atoms with E-state index in [1.54, 1.807) is 30.3 Å². The summed E-state index contributed by atoms with van der Waals surface area (Å²) in [5.41, 5.74) is 0.468. The number of para-hydroxylation sites is 1. The fraction of sp³-hybridized carbons (Fsp3) is 0.0870. The van der Waals surface area contributed by atoms with Gasteiger partial charge in [-0.05, 0) is 30.3 Å². The molecular weight excluding hydrogens is 440 g/mol. The van der Waals surface area contributed by atoms with Crippen molar-refractivity contribution < 1.29 is 27.2 Å². The van der Waals surface area contributed by atoms with Crippen molar-refractivity contribution in [3.8, 4) is 0 Å². The maximum absolute atomic E-state index is 14.6. The lowest BCUT2D eigenvalue weighted by Gasteiger charge is -2.21. The second kappa shape index (κ2) is 8.73. The van der Waals surface area contributed by atoms with Crippen molar-refractivity contribution in [3.05, 3.63) is 95.1 Å². The smallest absolute Gasteiger partial charge is 0.311 e. The molecule has 3 aromatic rings. The Morgan fingerprint density at radius 2 is 1.55 bits per heavy atom. The molecule has 3 aromatic carbocycles. The Morgan fingerprint density at radius 1 is 0.879 bits per heavy atom. The summed E-state index contributed by atoms with van der Waals surface area (Å²) in [6.07, 6.45) is -1.52. The molecule has 0 aromatic heterocycles. The third kappa shape index (κ3) is 4.14. The van der Waals surface area contributed by atoms with E-state index in [2.05, 4.69) is 10.3 Å². The van der Waals surface area contributed by atoms with Crippen LogP contribution in [0.5, 0.6) is 0 Å². The number of benzene rings is 3. The van der Waals surface area contributed by atoms with Gasteiger partial charge in [-0.25, -0.2) is 27.3 Å². The number of amides is 3. The average Bonchev–Trinajstić information content (AvgIpc) is 2.91. The van der Waals surface area contributed by atoms with Gasteiger partial charge in [0.15, 0.2) is 17.5 Å². The molecule has 0 saturated carbocycles. The van der Waals surface area contributed by atoms with Gasteiger partial charge in [-0.2, -0.15) is 0 Å². The minimum absolute atomic E-state index is 0.104. The van der Waals surface area contributed by atoms with Crippen LogP contribution in [0, 0.1) is 23.3 Å². The number of rotatable bonds is 3. The number of anilines is 2. The maximum Gasteiger partial charge on any atom is 0.321 e. The zero-order valence-corrected chi connectivity index (χ0v) is 17.1. The summed E-state index contributed by atoms with van der Waals surface area (Å²) in [5, 5.41) is 4.29. The number of hydrogen-bond donors (Lipinski definition) is 2. The van der Waals surface area contributed by atoms with Crippen LogP contribution in [0.15, 0.2) is 65.7 Å². The first kappa shape index (κ1) is 22.0. The molecule has 1 heterocycles. The van der Waals surface area contributed by atoms with Gasteiger partial charge >= 0.3 is 6.03 Å². The Kier molecular flexibility index (Phi) is 5.82. The predicted octanol–water partition coefficient (Wildman–Crippen LogP) is 4.20. The van der Waals surface area contributed by atoms with Gasteiger partial charge in [-0.1, -0.05) is 30.3 Å². The van der Waals surface area contributed by atoms with Crippen LogP contribution < -0.4 is 15.5 Å². The molecule has 10 heteroatoms. The van der Waals surface area contributed by atoms with Crippen molar-refractivity contribution in [3.63, 3.8) is 0 Å². The van der Waals surface area contributed by atoms with Gasteiger partial charge < -0.3 is 15.5 Å². The summed E-state index contributed by atoms with van der Waals surface area (Å²) in [7, 11) is 1.46. The highest BCUT2D eigenvalue weighted by molar-refractivity contribution is 6.20. The van der Waals surface area contributed by atoms with E-state index < -0.39 is 47.1 Å². The molecule has 1 aliphatic rings. The summed E-state index contributed by atoms with van der Waals surface area (Å²) in [6.45, 7) is 0. The zero-order valence-electron chi connectivity index (χ0n) is 17.1. The minimum atomic E-state index is -1.76. The van der Waals surface area contributed by atoms with Gasteiger partial charge in [0.1, 0.15) is 5.82 Å². The number of nitrogens with zero attached hydrogens (tertiary/aromatic N) is 2. The first-order valence-electron chi connectivity index (χ1n) is 9.68. The van der Waals surface area contributed by atoms with Crippen LogP contribution in [0.1, 0.15) is 11.1 Å². The van der Waals surface area contributed by atoms with E-state index in [0.29, 0.717) is 17.3 Å². The number of carbonyl (C=O) groups is 2. The molecule has 4 rings (SSSR count). The molecule has 1 aliphatic heterocycles. The molecule has 6 nitrogen and oxygen atoms in total. The Balaban J connectivity index is 1.71. The normalized spacial score (nSPS) is 15.4. The van der Waals surface area contributed by atoms with E-state index in [1.807, 2.05) is 5.32 Å². The number of nitrogens with one attached hydrogen (secondary N) is 2. The van der Waals surface area contributed by atoms with Crippen LogP contribution in [0.4, 0.5) is 33.7 Å². The van der Waals surface area contributed by atoms with Gasteiger partial charge in [-0.15, -0.1) is 0 Å². The van der Waals surface area contributed by atoms with E-state index >= 15 is 0 Å². The molecule has 0 saturated heterocycles. The first-order valence-corrected chi connectivity index (χ1v) is 9.68. The number of hydrogen-bond acceptors (Lipinski definition) is 3. The third-order valence-corrected chi connectivity index (χ3v) is 5.02. The van der Waals surface area contributed by atoms with Crippen LogP contribution in [0.2, 0.25) is 0 Å². The summed E-state index contributed by atoms with van der Waals surface area (Å²) in [4.78, 5) is 31.0. The van der Waals surface area contributed by atoms with Crippen molar-refractivity contribution in [2.24, 2.45) is 4.99 Å². The van der Waals surface area contributed by atoms with E-state index in [1.165, 1.54) is 30.1 Å². The van der Waals surface area contributed by atoms with Crippen LogP contribution in [-0.4, -0.2) is 30.9 Å². The molecule has 1 unspecified atom stereocenters. The Bertz CT molecular complexity index is 1300. The molecule has 168 valence electrons. The zero-order chi connectivity index (χ0) is 23.7. The highest BCUT2D eigenvalue weighted by Crippen LogP contribution is 2.28. The van der Waals surface area contributed by atoms with Gasteiger partial charge in [0.2, 0.25) is 6.17 Å². The number of urea groups is 1. The molecule has 0 fully saturated rings. The van der Waals surface area contributed by atoms with Crippen molar-refractivity contribution in [1.29, 1.82) is 0 Å². The number of benzodiazepines with no additional fused rings is 1. The van der Waals surface area contributed by atoms with Crippen molar-refractivity contribution >= 4 is 29.0 Å². The molecule has 33 heavy (non-hydrogen) atoms. The summed E-state index contributed by atoms with van der Waals surface area (Å²) in [5.74, 6) is -6.02. The predicted molar refractivity (Wildman–Crippen MR) is 114 cm³/mol. The second-order valence-electron chi connectivity index (χ2n) is 7.10. The highest BCUT2D eigenvalue weighted by atomic mass is 19.2. The fourth-order valence-corrected chi connectivity index (χ4v) is 3.39. The maximum atomic E-state index is 14.6. The SMILES string of the molecule is CN1C(=O)C(NC(=O)Nc2ccc(F)c(F)c2F)N=C(c2ccccc2F)c2ccccc21. The van der Waals surface area contributed by atoms with Crippen LogP contribution in [-0.2, 0) is 4.79 Å². The molecule has 2 N–H and O–H groups in total. The monoisotopic (exact) mass is 456 g/mol. The summed E-state index contributed by atoms with van der Waals surface area (Å²) >= 11 is 0. The number of aliphatic imine (C=N–C) groups is 1. The average molecular weight is 456 g/mol. The van der Waals surface area contributed by atoms with E-state index in [0.717, 1.165) is 6.07 Å². The topological polar surface area (TPSA) is 73.8 Å². The first-order chi connectivity index (χ1) is 15.8. The molecule has 0 aliphatic carbocycles. The number of carbonyl (C=O) groups excluding carboxylic acids is 2. The van der Waals surface area contributed by atoms with Gasteiger partial charge in [-0.3, -0.25) is 4.79 Å². The summed E-state index contributed by atoms with van der Waals surface area (Å²) < 4.78 is 55.1.